The normalized spacial score (nSPS) is 20.2. The summed E-state index contributed by atoms with van der Waals surface area (Å²) in [5.41, 5.74) is -0.0850. The Kier molecular flexibility index (Phi) is 7.64. The van der Waals surface area contributed by atoms with Gasteiger partial charge in [-0.2, -0.15) is 13.2 Å². The molecule has 0 radical (unpaired) electrons. The van der Waals surface area contributed by atoms with Crippen molar-refractivity contribution in [2.75, 3.05) is 64.9 Å². The fourth-order valence-corrected chi connectivity index (χ4v) is 3.62. The summed E-state index contributed by atoms with van der Waals surface area (Å²) < 4.78 is 44.7. The number of amides is 1. The quantitative estimate of drug-likeness (QED) is 0.560. The molecule has 3 rings (SSSR count). The number of guanidine groups is 1. The molecule has 0 aliphatic carbocycles. The topological polar surface area (TPSA) is 60.4 Å². The molecule has 0 aromatic heterocycles. The molecule has 2 fully saturated rings. The van der Waals surface area contributed by atoms with Gasteiger partial charge < -0.3 is 24.8 Å². The Morgan fingerprint density at radius 2 is 2.00 bits per heavy atom. The maximum atomic E-state index is 13.0. The highest BCUT2D eigenvalue weighted by atomic mass is 19.4. The van der Waals surface area contributed by atoms with Crippen LogP contribution in [0.1, 0.15) is 18.4 Å². The molecule has 7 nitrogen and oxygen atoms in total. The number of anilines is 1. The minimum atomic E-state index is -4.36. The fraction of sp³-hybridized carbons (Fsp3) is 0.619. The van der Waals surface area contributed by atoms with E-state index in [9.17, 15) is 18.0 Å². The Hall–Kier alpha value is -2.49. The van der Waals surface area contributed by atoms with Crippen molar-refractivity contribution in [2.45, 2.75) is 25.1 Å². The van der Waals surface area contributed by atoms with Gasteiger partial charge in [0.05, 0.1) is 11.7 Å². The molecule has 31 heavy (non-hydrogen) atoms. The number of halogens is 3. The zero-order chi connectivity index (χ0) is 22.4. The van der Waals surface area contributed by atoms with Gasteiger partial charge in [0.1, 0.15) is 6.54 Å². The van der Waals surface area contributed by atoms with Gasteiger partial charge in [-0.15, -0.1) is 0 Å². The Bertz CT molecular complexity index is 771. The number of ether oxygens (including phenoxy) is 1. The number of aliphatic imine (C=N–C) groups is 1. The molecule has 1 unspecified atom stereocenters. The second kappa shape index (κ2) is 10.2. The van der Waals surface area contributed by atoms with Gasteiger partial charge in [-0.3, -0.25) is 4.79 Å². The highest BCUT2D eigenvalue weighted by Crippen LogP contribution is 2.31. The van der Waals surface area contributed by atoms with E-state index >= 15 is 0 Å². The van der Waals surface area contributed by atoms with E-state index < -0.39 is 11.7 Å². The van der Waals surface area contributed by atoms with E-state index in [0.717, 1.165) is 25.5 Å². The Balaban J connectivity index is 1.63. The van der Waals surface area contributed by atoms with Crippen LogP contribution < -0.4 is 10.2 Å². The third-order valence-electron chi connectivity index (χ3n) is 5.49. The third kappa shape index (κ3) is 6.49. The van der Waals surface area contributed by atoms with Gasteiger partial charge in [-0.1, -0.05) is 6.07 Å². The van der Waals surface area contributed by atoms with Crippen molar-refractivity contribution in [3.8, 4) is 0 Å². The first-order valence-corrected chi connectivity index (χ1v) is 10.5. The molecule has 172 valence electrons. The zero-order valence-electron chi connectivity index (χ0n) is 18.0. The molecule has 0 bridgehead atoms. The highest BCUT2D eigenvalue weighted by molar-refractivity contribution is 5.85. The maximum Gasteiger partial charge on any atom is 0.416 e. The van der Waals surface area contributed by atoms with Crippen LogP contribution in [0.3, 0.4) is 0 Å². The predicted molar refractivity (Wildman–Crippen MR) is 113 cm³/mol. The van der Waals surface area contributed by atoms with Crippen LogP contribution in [0.2, 0.25) is 0 Å². The van der Waals surface area contributed by atoms with Gasteiger partial charge in [-0.25, -0.2) is 4.99 Å². The maximum absolute atomic E-state index is 13.0. The van der Waals surface area contributed by atoms with Crippen molar-refractivity contribution in [2.24, 2.45) is 4.99 Å². The fourth-order valence-electron chi connectivity index (χ4n) is 3.62. The number of rotatable bonds is 5. The minimum Gasteiger partial charge on any atom is -0.376 e. The van der Waals surface area contributed by atoms with Crippen molar-refractivity contribution < 1.29 is 22.7 Å². The number of hydrogen-bond donors (Lipinski definition) is 1. The Labute approximate surface area is 180 Å². The molecule has 1 atom stereocenters. The van der Waals surface area contributed by atoms with Crippen LogP contribution in [0.15, 0.2) is 29.3 Å². The van der Waals surface area contributed by atoms with Gasteiger partial charge in [0.25, 0.3) is 0 Å². The monoisotopic (exact) mass is 441 g/mol. The molecule has 2 heterocycles. The number of likely N-dealkylation sites (N-methyl/N-ethyl adjacent to an activating group) is 1. The van der Waals surface area contributed by atoms with Crippen LogP contribution in [-0.2, 0) is 15.7 Å². The lowest BCUT2D eigenvalue weighted by atomic mass is 10.1. The number of carbonyl (C=O) groups excluding carboxylic acids is 1. The third-order valence-corrected chi connectivity index (χ3v) is 5.49. The van der Waals surface area contributed by atoms with Gasteiger partial charge in [0.2, 0.25) is 5.91 Å². The standard InChI is InChI=1S/C21H30F3N5O2/c1-27(2)19(30)15-26-20(25-14-18-7-4-12-31-18)29-10-8-28(9-11-29)17-6-3-5-16(13-17)21(22,23)24/h3,5-6,13,18H,4,7-12,14-15H2,1-2H3,(H,25,26). The lowest BCUT2D eigenvalue weighted by Crippen LogP contribution is -2.53. The van der Waals surface area contributed by atoms with E-state index in [4.69, 9.17) is 4.74 Å². The average molecular weight is 441 g/mol. The van der Waals surface area contributed by atoms with Gasteiger partial charge in [0, 0.05) is 59.1 Å². The lowest BCUT2D eigenvalue weighted by molar-refractivity contribution is -0.137. The molecule has 2 aliphatic heterocycles. The summed E-state index contributed by atoms with van der Waals surface area (Å²) >= 11 is 0. The van der Waals surface area contributed by atoms with E-state index in [1.54, 1.807) is 20.2 Å². The number of nitrogens with zero attached hydrogens (tertiary/aromatic N) is 4. The van der Waals surface area contributed by atoms with Crippen molar-refractivity contribution in [1.82, 2.24) is 15.1 Å². The molecule has 1 aromatic rings. The van der Waals surface area contributed by atoms with E-state index in [-0.39, 0.29) is 18.6 Å². The number of alkyl halides is 3. The van der Waals surface area contributed by atoms with Crippen molar-refractivity contribution in [1.29, 1.82) is 0 Å². The summed E-state index contributed by atoms with van der Waals surface area (Å²) in [4.78, 5) is 22.0. The molecule has 2 saturated heterocycles. The van der Waals surface area contributed by atoms with Crippen molar-refractivity contribution >= 4 is 17.6 Å². The summed E-state index contributed by atoms with van der Waals surface area (Å²) in [6, 6.07) is 5.41. The Morgan fingerprint density at radius 3 is 2.61 bits per heavy atom. The largest absolute Gasteiger partial charge is 0.416 e. The zero-order valence-corrected chi connectivity index (χ0v) is 18.0. The van der Waals surface area contributed by atoms with Crippen molar-refractivity contribution in [3.63, 3.8) is 0 Å². The number of nitrogens with one attached hydrogen (secondary N) is 1. The first-order valence-electron chi connectivity index (χ1n) is 10.5. The van der Waals surface area contributed by atoms with Crippen LogP contribution in [0.25, 0.3) is 0 Å². The van der Waals surface area contributed by atoms with Gasteiger partial charge in [-0.05, 0) is 31.0 Å². The number of piperazine rings is 1. The number of hydrogen-bond acceptors (Lipinski definition) is 4. The first kappa shape index (κ1) is 23.2. The van der Waals surface area contributed by atoms with Crippen LogP contribution in [0, 0.1) is 0 Å². The summed E-state index contributed by atoms with van der Waals surface area (Å²) in [7, 11) is 3.37. The van der Waals surface area contributed by atoms with E-state index in [0.29, 0.717) is 44.4 Å². The Morgan fingerprint density at radius 1 is 1.26 bits per heavy atom. The van der Waals surface area contributed by atoms with Crippen LogP contribution >= 0.6 is 0 Å². The van der Waals surface area contributed by atoms with E-state index in [1.165, 1.54) is 17.0 Å². The van der Waals surface area contributed by atoms with Crippen LogP contribution in [0.5, 0.6) is 0 Å². The molecule has 0 spiro atoms. The molecule has 1 N–H and O–H groups in total. The molecular formula is C21H30F3N5O2. The van der Waals surface area contributed by atoms with E-state index in [1.807, 2.05) is 9.80 Å². The average Bonchev–Trinajstić information content (AvgIpc) is 3.27. The van der Waals surface area contributed by atoms with Crippen LogP contribution in [0.4, 0.5) is 18.9 Å². The number of benzene rings is 1. The second-order valence-electron chi connectivity index (χ2n) is 7.97. The van der Waals surface area contributed by atoms with Crippen LogP contribution in [-0.4, -0.2) is 87.7 Å². The molecule has 1 amide bonds. The van der Waals surface area contributed by atoms with E-state index in [2.05, 4.69) is 10.3 Å². The molecule has 2 aliphatic rings. The minimum absolute atomic E-state index is 0.0364. The highest BCUT2D eigenvalue weighted by Gasteiger charge is 2.31. The summed E-state index contributed by atoms with van der Waals surface area (Å²) in [5, 5.41) is 3.32. The predicted octanol–water partition coefficient (Wildman–Crippen LogP) is 2.04. The molecule has 1 aromatic carbocycles. The van der Waals surface area contributed by atoms with Gasteiger partial charge in [0.15, 0.2) is 5.96 Å². The summed E-state index contributed by atoms with van der Waals surface area (Å²) in [6.45, 7) is 3.70. The molecule has 10 heteroatoms. The number of carbonyl (C=O) groups is 1. The smallest absolute Gasteiger partial charge is 0.376 e. The molecular weight excluding hydrogens is 411 g/mol. The van der Waals surface area contributed by atoms with Crippen molar-refractivity contribution in [3.05, 3.63) is 29.8 Å². The SMILES string of the molecule is CN(C)C(=O)CN=C(NCC1CCCO1)N1CCN(c2cccc(C(F)(F)F)c2)CC1. The second-order valence-corrected chi connectivity index (χ2v) is 7.97. The lowest BCUT2D eigenvalue weighted by Gasteiger charge is -2.38. The first-order chi connectivity index (χ1) is 14.7. The van der Waals surface area contributed by atoms with Gasteiger partial charge >= 0.3 is 6.18 Å². The molecule has 0 saturated carbocycles. The summed E-state index contributed by atoms with van der Waals surface area (Å²) in [5.74, 6) is 0.536. The summed E-state index contributed by atoms with van der Waals surface area (Å²) in [6.07, 6.45) is -2.21.